The molecule has 0 radical (unpaired) electrons. The Labute approximate surface area is 138 Å². The molecule has 0 unspecified atom stereocenters. The Hall–Kier alpha value is -1.43. The number of likely N-dealkylation sites (tertiary alicyclic amines) is 1. The lowest BCUT2D eigenvalue weighted by atomic mass is 9.79. The van der Waals surface area contributed by atoms with Crippen LogP contribution in [0.4, 0.5) is 0 Å². The Bertz CT molecular complexity index is 504. The van der Waals surface area contributed by atoms with Crippen molar-refractivity contribution in [2.24, 2.45) is 0 Å². The maximum Gasteiger partial charge on any atom is 0.246 e. The standard InChI is InChI=1S/C18H28N2O3/c1-4-11-20-12-10-18(2,22)17(19-15(21)13-23-3)16(20)14-8-6-5-7-9-14/h5-9,16-17,22H,4,10-13H2,1-3H3,(H,19,21)/t16-,17-,18+/m0/s1. The molecule has 5 nitrogen and oxygen atoms in total. The fraction of sp³-hybridized carbons (Fsp3) is 0.611. The SMILES string of the molecule is CCCN1CC[C@@](C)(O)[C@@H](NC(=O)COC)[C@@H]1c1ccccc1. The number of nitrogens with zero attached hydrogens (tertiary/aromatic N) is 1. The summed E-state index contributed by atoms with van der Waals surface area (Å²) >= 11 is 0. The van der Waals surface area contributed by atoms with Gasteiger partial charge in [0.15, 0.2) is 0 Å². The van der Waals surface area contributed by atoms with Gasteiger partial charge in [-0.15, -0.1) is 0 Å². The maximum absolute atomic E-state index is 12.1. The minimum atomic E-state index is -0.950. The molecule has 3 atom stereocenters. The number of ether oxygens (including phenoxy) is 1. The van der Waals surface area contributed by atoms with Crippen LogP contribution in [0.15, 0.2) is 30.3 Å². The lowest BCUT2D eigenvalue weighted by Crippen LogP contribution is -2.62. The molecular formula is C18H28N2O3. The lowest BCUT2D eigenvalue weighted by molar-refractivity contribution is -0.132. The zero-order valence-electron chi connectivity index (χ0n) is 14.3. The van der Waals surface area contributed by atoms with Gasteiger partial charge in [-0.05, 0) is 31.9 Å². The van der Waals surface area contributed by atoms with Gasteiger partial charge in [0.25, 0.3) is 0 Å². The fourth-order valence-electron chi connectivity index (χ4n) is 3.39. The first-order valence-corrected chi connectivity index (χ1v) is 8.29. The van der Waals surface area contributed by atoms with E-state index in [0.717, 1.165) is 25.1 Å². The molecule has 0 aromatic heterocycles. The molecule has 2 rings (SSSR count). The number of carbonyl (C=O) groups is 1. The van der Waals surface area contributed by atoms with Crippen molar-refractivity contribution in [2.45, 2.75) is 44.4 Å². The number of amides is 1. The van der Waals surface area contributed by atoms with Crippen LogP contribution in [0.1, 0.15) is 38.3 Å². The van der Waals surface area contributed by atoms with Crippen LogP contribution in [0.5, 0.6) is 0 Å². The number of carbonyl (C=O) groups excluding carboxylic acids is 1. The van der Waals surface area contributed by atoms with Gasteiger partial charge in [-0.25, -0.2) is 0 Å². The highest BCUT2D eigenvalue weighted by atomic mass is 16.5. The number of hydrogen-bond donors (Lipinski definition) is 2. The van der Waals surface area contributed by atoms with Crippen molar-refractivity contribution in [3.63, 3.8) is 0 Å². The van der Waals surface area contributed by atoms with Crippen molar-refractivity contribution in [1.29, 1.82) is 0 Å². The minimum absolute atomic E-state index is 0.00185. The second kappa shape index (κ2) is 7.90. The number of rotatable bonds is 6. The Kier molecular flexibility index (Phi) is 6.16. The highest BCUT2D eigenvalue weighted by molar-refractivity contribution is 5.77. The van der Waals surface area contributed by atoms with Crippen molar-refractivity contribution in [1.82, 2.24) is 10.2 Å². The summed E-state index contributed by atoms with van der Waals surface area (Å²) < 4.78 is 4.92. The first kappa shape index (κ1) is 17.9. The van der Waals surface area contributed by atoms with Gasteiger partial charge >= 0.3 is 0 Å². The summed E-state index contributed by atoms with van der Waals surface area (Å²) in [6.45, 7) is 5.71. The van der Waals surface area contributed by atoms with Crippen molar-refractivity contribution in [3.05, 3.63) is 35.9 Å². The smallest absolute Gasteiger partial charge is 0.246 e. The van der Waals surface area contributed by atoms with Crippen LogP contribution < -0.4 is 5.32 Å². The highest BCUT2D eigenvalue weighted by Crippen LogP contribution is 2.36. The second-order valence-electron chi connectivity index (χ2n) is 6.48. The molecule has 1 aliphatic rings. The van der Waals surface area contributed by atoms with Gasteiger partial charge in [0.1, 0.15) is 6.61 Å². The van der Waals surface area contributed by atoms with E-state index in [1.807, 2.05) is 25.1 Å². The zero-order valence-corrected chi connectivity index (χ0v) is 14.3. The van der Waals surface area contributed by atoms with Crippen LogP contribution in [0.3, 0.4) is 0 Å². The van der Waals surface area contributed by atoms with E-state index >= 15 is 0 Å². The van der Waals surface area contributed by atoms with Gasteiger partial charge in [-0.2, -0.15) is 0 Å². The van der Waals surface area contributed by atoms with Crippen molar-refractivity contribution >= 4 is 5.91 Å². The molecule has 1 aromatic rings. The van der Waals surface area contributed by atoms with Crippen LogP contribution in [-0.4, -0.2) is 54.4 Å². The average molecular weight is 320 g/mol. The molecule has 1 aromatic carbocycles. The molecule has 2 N–H and O–H groups in total. The Balaban J connectivity index is 2.34. The molecule has 1 heterocycles. The molecule has 23 heavy (non-hydrogen) atoms. The molecule has 5 heteroatoms. The predicted molar refractivity (Wildman–Crippen MR) is 90.1 cm³/mol. The first-order chi connectivity index (χ1) is 11.0. The number of hydrogen-bond acceptors (Lipinski definition) is 4. The second-order valence-corrected chi connectivity index (χ2v) is 6.48. The van der Waals surface area contributed by atoms with Crippen LogP contribution >= 0.6 is 0 Å². The molecule has 0 aliphatic carbocycles. The molecule has 1 fully saturated rings. The summed E-state index contributed by atoms with van der Waals surface area (Å²) in [5.74, 6) is -0.197. The van der Waals surface area contributed by atoms with E-state index in [0.29, 0.717) is 6.42 Å². The summed E-state index contributed by atoms with van der Waals surface area (Å²) in [5.41, 5.74) is 0.164. The number of aliphatic hydroxyl groups is 1. The van der Waals surface area contributed by atoms with Gasteiger partial charge in [0.05, 0.1) is 17.7 Å². The first-order valence-electron chi connectivity index (χ1n) is 8.29. The minimum Gasteiger partial charge on any atom is -0.388 e. The third-order valence-electron chi connectivity index (χ3n) is 4.53. The number of nitrogens with one attached hydrogen (secondary N) is 1. The molecular weight excluding hydrogens is 292 g/mol. The summed E-state index contributed by atoms with van der Waals surface area (Å²) in [4.78, 5) is 14.4. The van der Waals surface area contributed by atoms with Crippen LogP contribution in [0.2, 0.25) is 0 Å². The molecule has 1 aliphatic heterocycles. The Morgan fingerprint density at radius 2 is 2.13 bits per heavy atom. The molecule has 0 saturated carbocycles. The van der Waals surface area contributed by atoms with Crippen molar-refractivity contribution in [2.75, 3.05) is 26.8 Å². The molecule has 1 saturated heterocycles. The van der Waals surface area contributed by atoms with E-state index in [-0.39, 0.29) is 24.6 Å². The molecule has 0 bridgehead atoms. The van der Waals surface area contributed by atoms with E-state index in [4.69, 9.17) is 4.74 Å². The highest BCUT2D eigenvalue weighted by Gasteiger charge is 2.45. The van der Waals surface area contributed by atoms with Crippen molar-refractivity contribution in [3.8, 4) is 0 Å². The van der Waals surface area contributed by atoms with E-state index < -0.39 is 5.60 Å². The zero-order chi connectivity index (χ0) is 16.9. The monoisotopic (exact) mass is 320 g/mol. The third kappa shape index (κ3) is 4.31. The molecule has 0 spiro atoms. The van der Waals surface area contributed by atoms with Crippen LogP contribution in [0, 0.1) is 0 Å². The van der Waals surface area contributed by atoms with E-state index in [2.05, 4.69) is 29.3 Å². The average Bonchev–Trinajstić information content (AvgIpc) is 2.52. The van der Waals surface area contributed by atoms with E-state index in [1.54, 1.807) is 0 Å². The third-order valence-corrected chi connectivity index (χ3v) is 4.53. The van der Waals surface area contributed by atoms with Gasteiger partial charge < -0.3 is 15.2 Å². The number of methoxy groups -OCH3 is 1. The van der Waals surface area contributed by atoms with Gasteiger partial charge in [0.2, 0.25) is 5.91 Å². The summed E-state index contributed by atoms with van der Waals surface area (Å²) in [6.07, 6.45) is 1.67. The summed E-state index contributed by atoms with van der Waals surface area (Å²) in [7, 11) is 1.50. The fourth-order valence-corrected chi connectivity index (χ4v) is 3.39. The number of piperidine rings is 1. The van der Waals surface area contributed by atoms with E-state index in [1.165, 1.54) is 7.11 Å². The predicted octanol–water partition coefficient (Wildman–Crippen LogP) is 1.73. The largest absolute Gasteiger partial charge is 0.388 e. The van der Waals surface area contributed by atoms with Gasteiger partial charge in [-0.3, -0.25) is 9.69 Å². The Morgan fingerprint density at radius 3 is 2.74 bits per heavy atom. The van der Waals surface area contributed by atoms with E-state index in [9.17, 15) is 9.90 Å². The number of benzene rings is 1. The normalized spacial score (nSPS) is 28.5. The molecule has 1 amide bonds. The quantitative estimate of drug-likeness (QED) is 0.838. The topological polar surface area (TPSA) is 61.8 Å². The summed E-state index contributed by atoms with van der Waals surface area (Å²) in [5, 5.41) is 13.9. The van der Waals surface area contributed by atoms with Crippen LogP contribution in [-0.2, 0) is 9.53 Å². The summed E-state index contributed by atoms with van der Waals surface area (Å²) in [6, 6.07) is 9.68. The van der Waals surface area contributed by atoms with Gasteiger partial charge in [0, 0.05) is 13.7 Å². The maximum atomic E-state index is 12.1. The van der Waals surface area contributed by atoms with Crippen molar-refractivity contribution < 1.29 is 14.6 Å². The Morgan fingerprint density at radius 1 is 1.43 bits per heavy atom. The molecule has 128 valence electrons. The van der Waals surface area contributed by atoms with Crippen LogP contribution in [0.25, 0.3) is 0 Å². The lowest BCUT2D eigenvalue weighted by Gasteiger charge is -2.49. The van der Waals surface area contributed by atoms with Gasteiger partial charge in [-0.1, -0.05) is 37.3 Å².